The van der Waals surface area contributed by atoms with Crippen LogP contribution in [-0.2, 0) is 0 Å². The molecule has 0 saturated carbocycles. The number of nitrogens with zero attached hydrogens (tertiary/aromatic N) is 3. The molecule has 3 rings (SSSR count). The molecule has 2 aromatic rings. The molecule has 24 heavy (non-hydrogen) atoms. The Morgan fingerprint density at radius 3 is 2.83 bits per heavy atom. The minimum atomic E-state index is -0.316. The van der Waals surface area contributed by atoms with Crippen LogP contribution in [0, 0.1) is 0 Å². The summed E-state index contributed by atoms with van der Waals surface area (Å²) in [5.74, 6) is 0.340. The standard InChI is InChI=1S/C16H20N6O2/c17-14-5-3-12(10-18-14)19-11-2-1-8-22(9-7-11)16(24)13-4-6-15(23)21-20-13/h3-6,10-11,19H,1-2,7-9H2,(H2,17,18)(H,21,23). The van der Waals surface area contributed by atoms with E-state index in [9.17, 15) is 9.59 Å². The molecule has 1 amide bonds. The van der Waals surface area contributed by atoms with E-state index in [1.54, 1.807) is 17.2 Å². The minimum Gasteiger partial charge on any atom is -0.384 e. The van der Waals surface area contributed by atoms with Gasteiger partial charge in [0.15, 0.2) is 0 Å². The van der Waals surface area contributed by atoms with Crippen molar-refractivity contribution in [2.45, 2.75) is 25.3 Å². The van der Waals surface area contributed by atoms with E-state index < -0.39 is 0 Å². The highest BCUT2D eigenvalue weighted by Gasteiger charge is 2.22. The molecule has 0 aromatic carbocycles. The predicted molar refractivity (Wildman–Crippen MR) is 90.7 cm³/mol. The van der Waals surface area contributed by atoms with Gasteiger partial charge in [0.2, 0.25) is 0 Å². The zero-order valence-electron chi connectivity index (χ0n) is 13.2. The van der Waals surface area contributed by atoms with Crippen molar-refractivity contribution in [3.05, 3.63) is 46.5 Å². The average Bonchev–Trinajstić information content (AvgIpc) is 2.83. The summed E-state index contributed by atoms with van der Waals surface area (Å²) in [6, 6.07) is 6.71. The van der Waals surface area contributed by atoms with Crippen molar-refractivity contribution in [2.24, 2.45) is 0 Å². The number of H-pyrrole nitrogens is 1. The van der Waals surface area contributed by atoms with Gasteiger partial charge in [0.05, 0.1) is 11.9 Å². The first-order valence-corrected chi connectivity index (χ1v) is 7.95. The van der Waals surface area contributed by atoms with E-state index in [1.165, 1.54) is 12.1 Å². The summed E-state index contributed by atoms with van der Waals surface area (Å²) in [5, 5.41) is 9.55. The molecule has 2 aromatic heterocycles. The molecule has 0 spiro atoms. The fraction of sp³-hybridized carbons (Fsp3) is 0.375. The number of carbonyl (C=O) groups is 1. The normalized spacial score (nSPS) is 18.0. The van der Waals surface area contributed by atoms with Crippen LogP contribution in [0.4, 0.5) is 11.5 Å². The largest absolute Gasteiger partial charge is 0.384 e. The third kappa shape index (κ3) is 3.89. The predicted octanol–water partition coefficient (Wildman–Crippen LogP) is 0.854. The monoisotopic (exact) mass is 328 g/mol. The Morgan fingerprint density at radius 1 is 1.25 bits per heavy atom. The van der Waals surface area contributed by atoms with Crippen molar-refractivity contribution in [3.63, 3.8) is 0 Å². The molecule has 1 unspecified atom stereocenters. The van der Waals surface area contributed by atoms with E-state index in [1.807, 2.05) is 6.07 Å². The number of anilines is 2. The van der Waals surface area contributed by atoms with Crippen molar-refractivity contribution < 1.29 is 4.79 Å². The van der Waals surface area contributed by atoms with E-state index in [2.05, 4.69) is 20.5 Å². The molecule has 0 aliphatic carbocycles. The summed E-state index contributed by atoms with van der Waals surface area (Å²) in [6.07, 6.45) is 4.41. The van der Waals surface area contributed by atoms with Crippen LogP contribution in [0.25, 0.3) is 0 Å². The van der Waals surface area contributed by atoms with Gasteiger partial charge >= 0.3 is 0 Å². The number of hydrogen-bond acceptors (Lipinski definition) is 6. The number of nitrogen functional groups attached to an aromatic ring is 1. The molecular formula is C16H20N6O2. The minimum absolute atomic E-state index is 0.152. The van der Waals surface area contributed by atoms with Crippen LogP contribution in [-0.4, -0.2) is 45.1 Å². The number of pyridine rings is 1. The molecule has 1 aliphatic rings. The lowest BCUT2D eigenvalue weighted by molar-refractivity contribution is 0.0754. The van der Waals surface area contributed by atoms with Crippen LogP contribution in [0.1, 0.15) is 29.8 Å². The van der Waals surface area contributed by atoms with Gasteiger partial charge in [-0.25, -0.2) is 10.1 Å². The van der Waals surface area contributed by atoms with Gasteiger partial charge in [-0.1, -0.05) is 0 Å². The van der Waals surface area contributed by atoms with Gasteiger partial charge in [-0.3, -0.25) is 9.59 Å². The second-order valence-electron chi connectivity index (χ2n) is 5.84. The molecule has 1 saturated heterocycles. The van der Waals surface area contributed by atoms with Crippen molar-refractivity contribution in [1.82, 2.24) is 20.1 Å². The maximum absolute atomic E-state index is 12.5. The zero-order valence-corrected chi connectivity index (χ0v) is 13.2. The number of carbonyl (C=O) groups excluding carboxylic acids is 1. The SMILES string of the molecule is Nc1ccc(NC2CCCN(C(=O)c3ccc(=O)[nH]n3)CC2)cn1. The number of nitrogens with one attached hydrogen (secondary N) is 2. The van der Waals surface area contributed by atoms with Crippen LogP contribution < -0.4 is 16.6 Å². The van der Waals surface area contributed by atoms with E-state index in [-0.39, 0.29) is 23.2 Å². The Hall–Kier alpha value is -2.90. The molecule has 4 N–H and O–H groups in total. The zero-order chi connectivity index (χ0) is 16.9. The molecule has 1 fully saturated rings. The second-order valence-corrected chi connectivity index (χ2v) is 5.84. The number of amides is 1. The van der Waals surface area contributed by atoms with Crippen molar-refractivity contribution in [2.75, 3.05) is 24.1 Å². The van der Waals surface area contributed by atoms with Crippen molar-refractivity contribution in [3.8, 4) is 0 Å². The number of nitrogens with two attached hydrogens (primary N) is 1. The Kier molecular flexibility index (Phi) is 4.74. The topological polar surface area (TPSA) is 117 Å². The average molecular weight is 328 g/mol. The number of likely N-dealkylation sites (tertiary alicyclic amines) is 1. The van der Waals surface area contributed by atoms with Gasteiger partial charge in [0, 0.05) is 25.2 Å². The molecule has 0 bridgehead atoms. The van der Waals surface area contributed by atoms with Gasteiger partial charge in [-0.05, 0) is 37.5 Å². The molecule has 3 heterocycles. The molecule has 1 atom stereocenters. The molecular weight excluding hydrogens is 308 g/mol. The van der Waals surface area contributed by atoms with Gasteiger partial charge in [-0.2, -0.15) is 5.10 Å². The first kappa shape index (κ1) is 16.0. The smallest absolute Gasteiger partial charge is 0.274 e. The first-order chi connectivity index (χ1) is 11.6. The van der Waals surface area contributed by atoms with Gasteiger partial charge in [0.25, 0.3) is 11.5 Å². The highest BCUT2D eigenvalue weighted by molar-refractivity contribution is 5.92. The maximum atomic E-state index is 12.5. The summed E-state index contributed by atoms with van der Waals surface area (Å²) in [4.78, 5) is 29.4. The van der Waals surface area contributed by atoms with Gasteiger partial charge in [-0.15, -0.1) is 0 Å². The molecule has 126 valence electrons. The Balaban J connectivity index is 1.60. The van der Waals surface area contributed by atoms with Gasteiger partial charge in [0.1, 0.15) is 11.5 Å². The molecule has 0 radical (unpaired) electrons. The molecule has 1 aliphatic heterocycles. The van der Waals surface area contributed by atoms with Crippen LogP contribution >= 0.6 is 0 Å². The lowest BCUT2D eigenvalue weighted by atomic mass is 10.1. The first-order valence-electron chi connectivity index (χ1n) is 7.95. The van der Waals surface area contributed by atoms with E-state index in [4.69, 9.17) is 5.73 Å². The van der Waals surface area contributed by atoms with Crippen LogP contribution in [0.3, 0.4) is 0 Å². The Labute approximate surface area is 139 Å². The summed E-state index contributed by atoms with van der Waals surface area (Å²) in [7, 11) is 0. The quantitative estimate of drug-likeness (QED) is 0.769. The Bertz CT molecular complexity index is 737. The van der Waals surface area contributed by atoms with Crippen LogP contribution in [0.2, 0.25) is 0 Å². The fourth-order valence-corrected chi connectivity index (χ4v) is 2.80. The summed E-state index contributed by atoms with van der Waals surface area (Å²) in [6.45, 7) is 1.32. The number of hydrogen-bond donors (Lipinski definition) is 3. The molecule has 8 nitrogen and oxygen atoms in total. The van der Waals surface area contributed by atoms with Crippen LogP contribution in [0.5, 0.6) is 0 Å². The summed E-state index contributed by atoms with van der Waals surface area (Å²) in [5.41, 5.74) is 6.47. The van der Waals surface area contributed by atoms with E-state index in [0.29, 0.717) is 18.9 Å². The lowest BCUT2D eigenvalue weighted by Crippen LogP contribution is -2.33. The second kappa shape index (κ2) is 7.12. The highest BCUT2D eigenvalue weighted by Crippen LogP contribution is 2.18. The highest BCUT2D eigenvalue weighted by atomic mass is 16.2. The lowest BCUT2D eigenvalue weighted by Gasteiger charge is -2.20. The summed E-state index contributed by atoms with van der Waals surface area (Å²) < 4.78 is 0. The number of aromatic amines is 1. The number of rotatable bonds is 3. The third-order valence-electron chi connectivity index (χ3n) is 4.07. The van der Waals surface area contributed by atoms with Crippen molar-refractivity contribution >= 4 is 17.4 Å². The van der Waals surface area contributed by atoms with Gasteiger partial charge < -0.3 is 16.0 Å². The summed E-state index contributed by atoms with van der Waals surface area (Å²) >= 11 is 0. The van der Waals surface area contributed by atoms with Crippen molar-refractivity contribution in [1.29, 1.82) is 0 Å². The molecule has 8 heteroatoms. The third-order valence-corrected chi connectivity index (χ3v) is 4.07. The fourth-order valence-electron chi connectivity index (χ4n) is 2.80. The number of aromatic nitrogens is 3. The van der Waals surface area contributed by atoms with Crippen LogP contribution in [0.15, 0.2) is 35.3 Å². The van der Waals surface area contributed by atoms with E-state index in [0.717, 1.165) is 24.9 Å². The van der Waals surface area contributed by atoms with E-state index >= 15 is 0 Å². The maximum Gasteiger partial charge on any atom is 0.274 e. The Morgan fingerprint density at radius 2 is 2.12 bits per heavy atom.